The van der Waals surface area contributed by atoms with Crippen molar-refractivity contribution < 1.29 is 18.3 Å². The first kappa shape index (κ1) is 29.7. The number of aromatic amines is 1. The van der Waals surface area contributed by atoms with Crippen LogP contribution in [0, 0.1) is 0 Å². The van der Waals surface area contributed by atoms with Crippen molar-refractivity contribution in [2.45, 2.75) is 57.6 Å². The first-order valence-corrected chi connectivity index (χ1v) is 16.5. The molecule has 0 spiro atoms. The van der Waals surface area contributed by atoms with E-state index in [1.54, 1.807) is 11.2 Å². The van der Waals surface area contributed by atoms with Gasteiger partial charge in [0.15, 0.2) is 0 Å². The largest absolute Gasteiger partial charge is 0.392 e. The predicted octanol–water partition coefficient (Wildman–Crippen LogP) is 3.40. The summed E-state index contributed by atoms with van der Waals surface area (Å²) in [4.78, 5) is 18.1. The van der Waals surface area contributed by atoms with E-state index in [1.165, 1.54) is 12.8 Å². The van der Waals surface area contributed by atoms with Crippen LogP contribution in [0.5, 0.6) is 0 Å². The molecule has 0 radical (unpaired) electrons. The van der Waals surface area contributed by atoms with Crippen LogP contribution in [0.15, 0.2) is 42.6 Å². The third kappa shape index (κ3) is 7.18. The number of likely N-dealkylation sites (tertiary alicyclic amines) is 1. The molecule has 222 valence electrons. The minimum Gasteiger partial charge on any atom is -0.392 e. The molecule has 2 aromatic carbocycles. The van der Waals surface area contributed by atoms with Crippen molar-refractivity contribution in [2.24, 2.45) is 5.73 Å². The standard InChI is InChI=1S/C31H43N5O4S/c1-22(37)19-33-20-23-6-4-7-25(16-23)26-17-27-29(21-34-30(27)28(18-26)31(32)38)24-8-13-36(14-9-24)41(39,40)15-5-12-35-10-2-3-11-35/h4,6-7,16-18,21-22,24,33-34,37H,2-3,5,8-15,19-20H2,1H3,(H2,32,38)/t22-/m0/s1. The average molecular weight is 582 g/mol. The number of amides is 1. The summed E-state index contributed by atoms with van der Waals surface area (Å²) in [5.74, 6) is -0.0955. The number of aliphatic hydroxyl groups excluding tert-OH is 1. The molecule has 0 aliphatic carbocycles. The number of nitrogens with one attached hydrogen (secondary N) is 2. The zero-order valence-corrected chi connectivity index (χ0v) is 24.8. The van der Waals surface area contributed by atoms with Crippen molar-refractivity contribution in [3.05, 3.63) is 59.3 Å². The number of fused-ring (bicyclic) bond motifs is 1. The number of H-pyrrole nitrogens is 1. The second-order valence-corrected chi connectivity index (χ2v) is 13.7. The van der Waals surface area contributed by atoms with Crippen LogP contribution in [-0.2, 0) is 16.6 Å². The van der Waals surface area contributed by atoms with E-state index < -0.39 is 22.0 Å². The van der Waals surface area contributed by atoms with Crippen molar-refractivity contribution in [2.75, 3.05) is 45.0 Å². The van der Waals surface area contributed by atoms with Gasteiger partial charge in [0.1, 0.15) is 0 Å². The Morgan fingerprint density at radius 1 is 1.12 bits per heavy atom. The monoisotopic (exact) mass is 581 g/mol. The van der Waals surface area contributed by atoms with Crippen molar-refractivity contribution in [1.29, 1.82) is 0 Å². The van der Waals surface area contributed by atoms with Crippen molar-refractivity contribution in [3.63, 3.8) is 0 Å². The molecule has 10 heteroatoms. The quantitative estimate of drug-likeness (QED) is 0.259. The number of hydrogen-bond donors (Lipinski definition) is 4. The number of piperidine rings is 1. The number of carbonyl (C=O) groups excluding carboxylic acids is 1. The molecule has 0 bridgehead atoms. The predicted molar refractivity (Wildman–Crippen MR) is 163 cm³/mol. The first-order valence-electron chi connectivity index (χ1n) is 14.8. The van der Waals surface area contributed by atoms with E-state index in [4.69, 9.17) is 5.73 Å². The second-order valence-electron chi connectivity index (χ2n) is 11.6. The van der Waals surface area contributed by atoms with Gasteiger partial charge in [-0.05, 0) is 105 Å². The number of rotatable bonds is 12. The van der Waals surface area contributed by atoms with Gasteiger partial charge in [-0.3, -0.25) is 4.79 Å². The van der Waals surface area contributed by atoms with E-state index in [0.717, 1.165) is 65.6 Å². The summed E-state index contributed by atoms with van der Waals surface area (Å²) < 4.78 is 27.8. The summed E-state index contributed by atoms with van der Waals surface area (Å²) in [6, 6.07) is 12.1. The molecule has 0 saturated carbocycles. The number of benzene rings is 2. The SMILES string of the molecule is C[C@H](O)CNCc1cccc(-c2cc(C(N)=O)c3[nH]cc(C4CCN(S(=O)(=O)CCCN5CCCC5)CC4)c3c2)c1. The molecule has 3 aromatic rings. The van der Waals surface area contributed by atoms with Crippen LogP contribution in [0.25, 0.3) is 22.0 Å². The summed E-state index contributed by atoms with van der Waals surface area (Å²) in [7, 11) is -3.27. The molecule has 1 atom stereocenters. The molecule has 2 aliphatic rings. The molecule has 1 amide bonds. The maximum absolute atomic E-state index is 13.0. The van der Waals surface area contributed by atoms with Gasteiger partial charge in [-0.25, -0.2) is 12.7 Å². The number of nitrogens with zero attached hydrogens (tertiary/aromatic N) is 2. The fourth-order valence-corrected chi connectivity index (χ4v) is 7.81. The lowest BCUT2D eigenvalue weighted by atomic mass is 9.88. The molecule has 9 nitrogen and oxygen atoms in total. The molecule has 5 rings (SSSR count). The Balaban J connectivity index is 1.31. The number of hydrogen-bond acceptors (Lipinski definition) is 6. The highest BCUT2D eigenvalue weighted by atomic mass is 32.2. The topological polar surface area (TPSA) is 132 Å². The maximum atomic E-state index is 13.0. The highest BCUT2D eigenvalue weighted by Gasteiger charge is 2.30. The van der Waals surface area contributed by atoms with Gasteiger partial charge in [0, 0.05) is 37.8 Å². The molecular weight excluding hydrogens is 538 g/mol. The average Bonchev–Trinajstić information content (AvgIpc) is 3.63. The highest BCUT2D eigenvalue weighted by molar-refractivity contribution is 7.89. The lowest BCUT2D eigenvalue weighted by Gasteiger charge is -2.31. The maximum Gasteiger partial charge on any atom is 0.250 e. The van der Waals surface area contributed by atoms with Gasteiger partial charge in [-0.15, -0.1) is 0 Å². The number of aliphatic hydroxyl groups is 1. The van der Waals surface area contributed by atoms with Gasteiger partial charge < -0.3 is 26.0 Å². The molecule has 1 aromatic heterocycles. The number of carbonyl (C=O) groups is 1. The number of primary amides is 1. The summed E-state index contributed by atoms with van der Waals surface area (Å²) in [5, 5.41) is 13.7. The van der Waals surface area contributed by atoms with Gasteiger partial charge in [-0.2, -0.15) is 0 Å². The van der Waals surface area contributed by atoms with E-state index in [-0.39, 0.29) is 11.7 Å². The third-order valence-corrected chi connectivity index (χ3v) is 10.4. The fourth-order valence-electron chi connectivity index (χ4n) is 6.29. The molecule has 2 saturated heterocycles. The van der Waals surface area contributed by atoms with Gasteiger partial charge in [0.05, 0.1) is 22.9 Å². The van der Waals surface area contributed by atoms with Crippen molar-refractivity contribution in [3.8, 4) is 11.1 Å². The Labute approximate surface area is 243 Å². The van der Waals surface area contributed by atoms with E-state index in [2.05, 4.69) is 27.3 Å². The molecule has 3 heterocycles. The Kier molecular flexibility index (Phi) is 9.45. The van der Waals surface area contributed by atoms with Crippen LogP contribution in [0.4, 0.5) is 0 Å². The highest BCUT2D eigenvalue weighted by Crippen LogP contribution is 2.37. The minimum absolute atomic E-state index is 0.187. The summed E-state index contributed by atoms with van der Waals surface area (Å²) in [6.45, 7) is 6.92. The number of aromatic nitrogens is 1. The molecular formula is C31H43N5O4S. The van der Waals surface area contributed by atoms with E-state index in [9.17, 15) is 18.3 Å². The lowest BCUT2D eigenvalue weighted by molar-refractivity contribution is 0.100. The minimum atomic E-state index is -3.27. The molecule has 41 heavy (non-hydrogen) atoms. The van der Waals surface area contributed by atoms with Crippen LogP contribution in [0.3, 0.4) is 0 Å². The Bertz CT molecular complexity index is 1450. The van der Waals surface area contributed by atoms with Gasteiger partial charge in [0.25, 0.3) is 5.91 Å². The van der Waals surface area contributed by atoms with Crippen molar-refractivity contribution in [1.82, 2.24) is 19.5 Å². The van der Waals surface area contributed by atoms with Crippen LogP contribution in [0.1, 0.15) is 66.4 Å². The molecule has 2 aliphatic heterocycles. The van der Waals surface area contributed by atoms with E-state index in [0.29, 0.717) is 38.2 Å². The zero-order chi connectivity index (χ0) is 29.0. The van der Waals surface area contributed by atoms with Crippen LogP contribution >= 0.6 is 0 Å². The van der Waals surface area contributed by atoms with Gasteiger partial charge in [0.2, 0.25) is 10.0 Å². The van der Waals surface area contributed by atoms with Gasteiger partial charge in [-0.1, -0.05) is 18.2 Å². The van der Waals surface area contributed by atoms with Crippen LogP contribution in [-0.4, -0.2) is 84.7 Å². The van der Waals surface area contributed by atoms with Gasteiger partial charge >= 0.3 is 0 Å². The normalized spacial score (nSPS) is 18.3. The molecule has 0 unspecified atom stereocenters. The third-order valence-electron chi connectivity index (χ3n) is 8.48. The van der Waals surface area contributed by atoms with E-state index >= 15 is 0 Å². The first-order chi connectivity index (χ1) is 19.7. The summed E-state index contributed by atoms with van der Waals surface area (Å²) in [6.07, 6.45) is 6.12. The Morgan fingerprint density at radius 3 is 2.59 bits per heavy atom. The van der Waals surface area contributed by atoms with Crippen LogP contribution in [0.2, 0.25) is 0 Å². The Morgan fingerprint density at radius 2 is 1.88 bits per heavy atom. The number of nitrogens with two attached hydrogens (primary N) is 1. The summed E-state index contributed by atoms with van der Waals surface area (Å²) >= 11 is 0. The zero-order valence-electron chi connectivity index (χ0n) is 23.9. The second kappa shape index (κ2) is 13.0. The number of sulfonamides is 1. The van der Waals surface area contributed by atoms with Crippen LogP contribution < -0.4 is 11.1 Å². The Hall–Kier alpha value is -2.76. The lowest BCUT2D eigenvalue weighted by Crippen LogP contribution is -2.39. The van der Waals surface area contributed by atoms with E-state index in [1.807, 2.05) is 30.5 Å². The molecule has 5 N–H and O–H groups in total. The summed E-state index contributed by atoms with van der Waals surface area (Å²) in [5.41, 5.74) is 11.0. The fraction of sp³-hybridized carbons (Fsp3) is 0.516. The smallest absolute Gasteiger partial charge is 0.250 e. The van der Waals surface area contributed by atoms with Crippen molar-refractivity contribution >= 4 is 26.8 Å². The molecule has 2 fully saturated rings.